The molecule has 0 nitrogen and oxygen atoms in total. The van der Waals surface area contributed by atoms with Crippen molar-refractivity contribution in [3.8, 4) is 0 Å². The summed E-state index contributed by atoms with van der Waals surface area (Å²) >= 11 is 0. The minimum absolute atomic E-state index is 0.0265. The van der Waals surface area contributed by atoms with Crippen LogP contribution in [0.1, 0.15) is 76.1 Å². The van der Waals surface area contributed by atoms with Crippen LogP contribution in [-0.2, 0) is 10.8 Å². The van der Waals surface area contributed by atoms with Crippen molar-refractivity contribution < 1.29 is 0 Å². The smallest absolute Gasteiger partial charge is 0.0174 e. The van der Waals surface area contributed by atoms with Crippen LogP contribution in [0.4, 0.5) is 0 Å². The Morgan fingerprint density at radius 2 is 1.52 bits per heavy atom. The summed E-state index contributed by atoms with van der Waals surface area (Å²) < 4.78 is 0. The zero-order chi connectivity index (χ0) is 21.1. The Morgan fingerprint density at radius 3 is 2.21 bits per heavy atom. The number of hydrogen-bond acceptors (Lipinski definition) is 0. The van der Waals surface area contributed by atoms with Crippen LogP contribution in [0.2, 0.25) is 0 Å². The minimum Gasteiger partial charge on any atom is -0.0802 e. The van der Waals surface area contributed by atoms with Crippen molar-refractivity contribution in [1.82, 2.24) is 0 Å². The van der Waals surface area contributed by atoms with Gasteiger partial charge < -0.3 is 0 Å². The van der Waals surface area contributed by atoms with Gasteiger partial charge in [0.1, 0.15) is 0 Å². The first-order valence-electron chi connectivity index (χ1n) is 11.0. The normalized spacial score (nSPS) is 16.6. The maximum atomic E-state index is 2.45. The number of benzene rings is 2. The monoisotopic (exact) mass is 384 g/mol. The zero-order valence-electron chi connectivity index (χ0n) is 19.0. The van der Waals surface area contributed by atoms with E-state index >= 15 is 0 Å². The Morgan fingerprint density at radius 1 is 0.828 bits per heavy atom. The van der Waals surface area contributed by atoms with Crippen molar-refractivity contribution >= 4 is 0 Å². The summed E-state index contributed by atoms with van der Waals surface area (Å²) in [6, 6.07) is 18.4. The molecule has 0 saturated carbocycles. The highest BCUT2D eigenvalue weighted by molar-refractivity contribution is 5.48. The van der Waals surface area contributed by atoms with Gasteiger partial charge in [0.15, 0.2) is 0 Å². The SMILES string of the molecule is CCCC(C)(c1ccc(C)cc1)c1cccc(C(C)(C)C2=CC=C(C)CC=C2)c1. The largest absolute Gasteiger partial charge is 0.0802 e. The molecule has 2 aromatic rings. The van der Waals surface area contributed by atoms with Crippen LogP contribution in [0.25, 0.3) is 0 Å². The molecule has 0 spiro atoms. The van der Waals surface area contributed by atoms with Gasteiger partial charge in [0.05, 0.1) is 0 Å². The lowest BCUT2D eigenvalue weighted by Gasteiger charge is -2.34. The molecule has 0 N–H and O–H groups in total. The van der Waals surface area contributed by atoms with Crippen LogP contribution in [0.15, 0.2) is 84.0 Å². The summed E-state index contributed by atoms with van der Waals surface area (Å²) in [6.45, 7) is 13.8. The Hall–Kier alpha value is -2.34. The van der Waals surface area contributed by atoms with Crippen LogP contribution >= 0.6 is 0 Å². The van der Waals surface area contributed by atoms with Gasteiger partial charge >= 0.3 is 0 Å². The van der Waals surface area contributed by atoms with Gasteiger partial charge in [-0.2, -0.15) is 0 Å². The van der Waals surface area contributed by atoms with Gasteiger partial charge in [0, 0.05) is 10.8 Å². The first-order valence-corrected chi connectivity index (χ1v) is 11.0. The van der Waals surface area contributed by atoms with E-state index < -0.39 is 0 Å². The molecule has 1 aliphatic carbocycles. The molecular weight excluding hydrogens is 348 g/mol. The number of rotatable bonds is 6. The average molecular weight is 385 g/mol. The second-order valence-corrected chi connectivity index (χ2v) is 9.40. The number of hydrogen-bond donors (Lipinski definition) is 0. The lowest BCUT2D eigenvalue weighted by atomic mass is 9.70. The molecule has 0 amide bonds. The topological polar surface area (TPSA) is 0 Å². The van der Waals surface area contributed by atoms with Crippen molar-refractivity contribution in [1.29, 1.82) is 0 Å². The lowest BCUT2D eigenvalue weighted by molar-refractivity contribution is 0.509. The molecule has 29 heavy (non-hydrogen) atoms. The maximum absolute atomic E-state index is 2.45. The molecule has 2 aromatic carbocycles. The van der Waals surface area contributed by atoms with E-state index in [4.69, 9.17) is 0 Å². The molecular formula is C29H36. The van der Waals surface area contributed by atoms with Gasteiger partial charge in [0.2, 0.25) is 0 Å². The summed E-state index contributed by atoms with van der Waals surface area (Å²) in [5.74, 6) is 0. The summed E-state index contributed by atoms with van der Waals surface area (Å²) in [5, 5.41) is 0. The molecule has 0 aliphatic heterocycles. The van der Waals surface area contributed by atoms with Gasteiger partial charge in [0.25, 0.3) is 0 Å². The molecule has 0 bridgehead atoms. The minimum atomic E-state index is -0.0337. The fourth-order valence-corrected chi connectivity index (χ4v) is 4.44. The number of aryl methyl sites for hydroxylation is 1. The van der Waals surface area contributed by atoms with Crippen LogP contribution in [0.3, 0.4) is 0 Å². The van der Waals surface area contributed by atoms with Gasteiger partial charge in [-0.25, -0.2) is 0 Å². The predicted octanol–water partition coefficient (Wildman–Crippen LogP) is 8.21. The Kier molecular flexibility index (Phi) is 6.32. The zero-order valence-corrected chi connectivity index (χ0v) is 19.0. The van der Waals surface area contributed by atoms with E-state index in [0.717, 1.165) is 19.3 Å². The Labute approximate surface area is 178 Å². The second-order valence-electron chi connectivity index (χ2n) is 9.40. The highest BCUT2D eigenvalue weighted by Crippen LogP contribution is 2.40. The molecule has 0 fully saturated rings. The maximum Gasteiger partial charge on any atom is 0.0174 e. The average Bonchev–Trinajstić information content (AvgIpc) is 2.93. The summed E-state index contributed by atoms with van der Waals surface area (Å²) in [5.41, 5.74) is 8.30. The molecule has 0 heterocycles. The van der Waals surface area contributed by atoms with Crippen molar-refractivity contribution in [2.45, 2.75) is 71.6 Å². The quantitative estimate of drug-likeness (QED) is 0.470. The summed E-state index contributed by atoms with van der Waals surface area (Å²) in [6.07, 6.45) is 12.5. The fourth-order valence-electron chi connectivity index (χ4n) is 4.44. The molecule has 0 heteroatoms. The molecule has 1 unspecified atom stereocenters. The van der Waals surface area contributed by atoms with Gasteiger partial charge in [-0.1, -0.05) is 118 Å². The van der Waals surface area contributed by atoms with Crippen LogP contribution in [-0.4, -0.2) is 0 Å². The fraction of sp³-hybridized carbons (Fsp3) is 0.379. The molecule has 1 atom stereocenters. The van der Waals surface area contributed by atoms with Crippen molar-refractivity contribution in [2.24, 2.45) is 0 Å². The molecule has 3 rings (SSSR count). The van der Waals surface area contributed by atoms with Crippen LogP contribution in [0.5, 0.6) is 0 Å². The molecule has 0 saturated heterocycles. The molecule has 152 valence electrons. The Balaban J connectivity index is 2.06. The third kappa shape index (κ3) is 4.47. The van der Waals surface area contributed by atoms with Crippen molar-refractivity contribution in [2.75, 3.05) is 0 Å². The van der Waals surface area contributed by atoms with E-state index in [9.17, 15) is 0 Å². The van der Waals surface area contributed by atoms with Gasteiger partial charge in [-0.05, 0) is 49.0 Å². The van der Waals surface area contributed by atoms with E-state index in [1.54, 1.807) is 0 Å². The van der Waals surface area contributed by atoms with E-state index in [1.807, 2.05) is 0 Å². The molecule has 0 aromatic heterocycles. The Bertz CT molecular complexity index is 934. The lowest BCUT2D eigenvalue weighted by Crippen LogP contribution is -2.25. The van der Waals surface area contributed by atoms with Crippen LogP contribution < -0.4 is 0 Å². The van der Waals surface area contributed by atoms with Crippen molar-refractivity contribution in [3.63, 3.8) is 0 Å². The first-order chi connectivity index (χ1) is 13.8. The van der Waals surface area contributed by atoms with Crippen LogP contribution in [0, 0.1) is 6.92 Å². The van der Waals surface area contributed by atoms with E-state index in [-0.39, 0.29) is 10.8 Å². The van der Waals surface area contributed by atoms with E-state index in [0.29, 0.717) is 0 Å². The first kappa shape index (κ1) is 21.4. The third-order valence-electron chi connectivity index (χ3n) is 6.67. The van der Waals surface area contributed by atoms with E-state index in [2.05, 4.69) is 114 Å². The second kappa shape index (κ2) is 8.57. The molecule has 0 radical (unpaired) electrons. The predicted molar refractivity (Wildman–Crippen MR) is 128 cm³/mol. The van der Waals surface area contributed by atoms with Crippen molar-refractivity contribution in [3.05, 3.63) is 106 Å². The highest BCUT2D eigenvalue weighted by atomic mass is 14.3. The summed E-state index contributed by atoms with van der Waals surface area (Å²) in [4.78, 5) is 0. The standard InChI is InChI=1S/C29H36/c1-7-20-29(6,25-18-15-23(3)16-19-25)27-13-9-12-26(21-27)28(4,5)24-11-8-10-22(2)14-17-24/h8-9,11-19,21H,7,10,20H2,1-6H3. The third-order valence-corrected chi connectivity index (χ3v) is 6.67. The van der Waals surface area contributed by atoms with Gasteiger partial charge in [-0.3, -0.25) is 0 Å². The van der Waals surface area contributed by atoms with Gasteiger partial charge in [-0.15, -0.1) is 0 Å². The van der Waals surface area contributed by atoms with E-state index in [1.165, 1.54) is 33.4 Å². The summed E-state index contributed by atoms with van der Waals surface area (Å²) in [7, 11) is 0. The molecule has 1 aliphatic rings. The number of allylic oxidation sites excluding steroid dienone is 6. The highest BCUT2D eigenvalue weighted by Gasteiger charge is 2.31.